The van der Waals surface area contributed by atoms with Crippen molar-refractivity contribution in [3.63, 3.8) is 0 Å². The number of carboxylic acids is 1. The molecular formula is C29H31ClN2O3. The second kappa shape index (κ2) is 9.90. The Bertz CT molecular complexity index is 1180. The van der Waals surface area contributed by atoms with E-state index in [1.54, 1.807) is 24.5 Å². The molecule has 182 valence electrons. The van der Waals surface area contributed by atoms with Gasteiger partial charge in [-0.15, -0.1) is 0 Å². The number of ether oxygens (including phenoxy) is 1. The van der Waals surface area contributed by atoms with E-state index in [-0.39, 0.29) is 5.41 Å². The van der Waals surface area contributed by atoms with E-state index < -0.39 is 11.5 Å². The Hall–Kier alpha value is -3.05. The molecular weight excluding hydrogens is 460 g/mol. The molecule has 1 fully saturated rings. The summed E-state index contributed by atoms with van der Waals surface area (Å²) >= 11 is 6.16. The van der Waals surface area contributed by atoms with E-state index in [0.717, 1.165) is 43.5 Å². The predicted octanol–water partition coefficient (Wildman–Crippen LogP) is 6.51. The summed E-state index contributed by atoms with van der Waals surface area (Å²) in [6.45, 7) is 0.669. The predicted molar refractivity (Wildman–Crippen MR) is 138 cm³/mol. The Balaban J connectivity index is 1.32. The van der Waals surface area contributed by atoms with Crippen LogP contribution in [-0.4, -0.2) is 28.2 Å². The highest BCUT2D eigenvalue weighted by Gasteiger charge is 2.53. The zero-order valence-electron chi connectivity index (χ0n) is 19.8. The van der Waals surface area contributed by atoms with Gasteiger partial charge in [0.1, 0.15) is 11.3 Å². The first-order valence-electron chi connectivity index (χ1n) is 12.4. The lowest BCUT2D eigenvalue weighted by Crippen LogP contribution is -2.53. The highest BCUT2D eigenvalue weighted by molar-refractivity contribution is 6.30. The van der Waals surface area contributed by atoms with Gasteiger partial charge in [0.15, 0.2) is 0 Å². The maximum atomic E-state index is 12.5. The monoisotopic (exact) mass is 490 g/mol. The van der Waals surface area contributed by atoms with Crippen LogP contribution >= 0.6 is 11.6 Å². The highest BCUT2D eigenvalue weighted by atomic mass is 35.5. The average Bonchev–Trinajstić information content (AvgIpc) is 3.17. The number of aliphatic carboxylic acids is 1. The van der Waals surface area contributed by atoms with E-state index in [2.05, 4.69) is 34.6 Å². The van der Waals surface area contributed by atoms with Gasteiger partial charge in [0.2, 0.25) is 0 Å². The maximum Gasteiger partial charge on any atom is 0.329 e. The third kappa shape index (κ3) is 4.74. The standard InChI is InChI=1S/C29H31ClN2O3/c30-23-7-3-8-24(20-23)32-29(27(33)34)14-12-28(13-15-29)22(19-21-5-1-2-9-26(21)28)6-4-18-35-25-10-16-31-17-11-25/h1-3,5,7-11,16-17,20,22,32H,4,6,12-15,18-19H2,(H,33,34). The van der Waals surface area contributed by atoms with E-state index in [4.69, 9.17) is 16.3 Å². The molecule has 0 aliphatic heterocycles. The van der Waals surface area contributed by atoms with E-state index in [1.165, 1.54) is 11.1 Å². The van der Waals surface area contributed by atoms with Crippen LogP contribution in [-0.2, 0) is 16.6 Å². The summed E-state index contributed by atoms with van der Waals surface area (Å²) in [7, 11) is 0. The molecule has 2 aliphatic rings. The number of carboxylic acid groups (broad SMARTS) is 1. The summed E-state index contributed by atoms with van der Waals surface area (Å²) in [5.41, 5.74) is 2.62. The molecule has 1 atom stereocenters. The molecule has 1 spiro atoms. The van der Waals surface area contributed by atoms with Gasteiger partial charge < -0.3 is 15.2 Å². The van der Waals surface area contributed by atoms with E-state index >= 15 is 0 Å². The van der Waals surface area contributed by atoms with Crippen molar-refractivity contribution in [3.05, 3.63) is 89.2 Å². The zero-order chi connectivity index (χ0) is 24.3. The molecule has 2 aliphatic carbocycles. The van der Waals surface area contributed by atoms with Crippen LogP contribution in [0.25, 0.3) is 0 Å². The Morgan fingerprint density at radius 3 is 2.57 bits per heavy atom. The molecule has 1 saturated carbocycles. The SMILES string of the molecule is O=C(O)C1(Nc2cccc(Cl)c2)CCC2(CC1)c1ccccc1CC2CCCOc1ccncc1. The quantitative estimate of drug-likeness (QED) is 0.352. The molecule has 0 radical (unpaired) electrons. The number of hydrogen-bond donors (Lipinski definition) is 2. The molecule has 1 heterocycles. The number of fused-ring (bicyclic) bond motifs is 2. The van der Waals surface area contributed by atoms with Gasteiger partial charge in [0.05, 0.1) is 6.61 Å². The third-order valence-corrected chi connectivity index (χ3v) is 8.27. The Labute approximate surface area is 211 Å². The van der Waals surface area contributed by atoms with E-state index in [1.807, 2.05) is 24.3 Å². The number of pyridine rings is 1. The Morgan fingerprint density at radius 2 is 1.83 bits per heavy atom. The van der Waals surface area contributed by atoms with Crippen LogP contribution in [0, 0.1) is 5.92 Å². The van der Waals surface area contributed by atoms with E-state index in [0.29, 0.717) is 30.4 Å². The molecule has 0 amide bonds. The van der Waals surface area contributed by atoms with E-state index in [9.17, 15) is 9.90 Å². The van der Waals surface area contributed by atoms with Crippen molar-refractivity contribution in [3.8, 4) is 5.75 Å². The summed E-state index contributed by atoms with van der Waals surface area (Å²) in [5.74, 6) is 0.542. The number of aromatic nitrogens is 1. The van der Waals surface area contributed by atoms with Crippen molar-refractivity contribution in [1.29, 1.82) is 0 Å². The van der Waals surface area contributed by atoms with Crippen molar-refractivity contribution in [2.24, 2.45) is 5.92 Å². The number of rotatable bonds is 8. The molecule has 1 aromatic heterocycles. The first kappa shape index (κ1) is 23.7. The molecule has 2 aromatic carbocycles. The van der Waals surface area contributed by atoms with Gasteiger partial charge in [-0.1, -0.05) is 41.9 Å². The molecule has 6 heteroatoms. The lowest BCUT2D eigenvalue weighted by atomic mass is 9.60. The summed E-state index contributed by atoms with van der Waals surface area (Å²) in [6, 6.07) is 19.8. The molecule has 0 bridgehead atoms. The number of hydrogen-bond acceptors (Lipinski definition) is 4. The first-order chi connectivity index (χ1) is 17.0. The molecule has 0 saturated heterocycles. The third-order valence-electron chi connectivity index (χ3n) is 8.03. The lowest BCUT2D eigenvalue weighted by Gasteiger charge is -2.47. The number of nitrogens with one attached hydrogen (secondary N) is 1. The normalized spacial score (nSPS) is 25.2. The molecule has 5 rings (SSSR count). The fraction of sp³-hybridized carbons (Fsp3) is 0.379. The number of benzene rings is 2. The fourth-order valence-electron chi connectivity index (χ4n) is 6.23. The van der Waals surface area contributed by atoms with Crippen molar-refractivity contribution >= 4 is 23.3 Å². The van der Waals surface area contributed by atoms with Crippen LogP contribution in [0.4, 0.5) is 5.69 Å². The van der Waals surface area contributed by atoms with Crippen molar-refractivity contribution in [2.75, 3.05) is 11.9 Å². The van der Waals surface area contributed by atoms with Crippen LogP contribution in [0.1, 0.15) is 49.7 Å². The van der Waals surface area contributed by atoms with Gasteiger partial charge in [-0.2, -0.15) is 0 Å². The first-order valence-corrected chi connectivity index (χ1v) is 12.8. The van der Waals surface area contributed by atoms with Crippen LogP contribution in [0.3, 0.4) is 0 Å². The van der Waals surface area contributed by atoms with Gasteiger partial charge in [-0.25, -0.2) is 4.79 Å². The molecule has 35 heavy (non-hydrogen) atoms. The van der Waals surface area contributed by atoms with Crippen LogP contribution < -0.4 is 10.1 Å². The molecule has 3 aromatic rings. The fourth-order valence-corrected chi connectivity index (χ4v) is 6.42. The zero-order valence-corrected chi connectivity index (χ0v) is 20.5. The van der Waals surface area contributed by atoms with Gasteiger partial charge in [-0.3, -0.25) is 4.98 Å². The Morgan fingerprint density at radius 1 is 1.06 bits per heavy atom. The second-order valence-electron chi connectivity index (χ2n) is 9.91. The van der Waals surface area contributed by atoms with Crippen molar-refractivity contribution in [1.82, 2.24) is 4.98 Å². The second-order valence-corrected chi connectivity index (χ2v) is 10.3. The smallest absolute Gasteiger partial charge is 0.329 e. The minimum absolute atomic E-state index is 0.0161. The number of anilines is 1. The minimum Gasteiger partial charge on any atom is -0.493 e. The maximum absolute atomic E-state index is 12.5. The number of carbonyl (C=O) groups is 1. The average molecular weight is 491 g/mol. The number of halogens is 1. The van der Waals surface area contributed by atoms with Gasteiger partial charge in [0.25, 0.3) is 0 Å². The summed E-state index contributed by atoms with van der Waals surface area (Å²) < 4.78 is 5.92. The van der Waals surface area contributed by atoms with Crippen LogP contribution in [0.2, 0.25) is 5.02 Å². The summed E-state index contributed by atoms with van der Waals surface area (Å²) in [5, 5.41) is 14.2. The topological polar surface area (TPSA) is 71.5 Å². The van der Waals surface area contributed by atoms with Crippen LogP contribution in [0.15, 0.2) is 73.1 Å². The van der Waals surface area contributed by atoms with Crippen molar-refractivity contribution < 1.29 is 14.6 Å². The summed E-state index contributed by atoms with van der Waals surface area (Å²) in [6.07, 6.45) is 9.40. The van der Waals surface area contributed by atoms with Crippen LogP contribution in [0.5, 0.6) is 5.75 Å². The number of nitrogens with zero attached hydrogens (tertiary/aromatic N) is 1. The largest absolute Gasteiger partial charge is 0.493 e. The summed E-state index contributed by atoms with van der Waals surface area (Å²) in [4.78, 5) is 16.6. The Kier molecular flexibility index (Phi) is 6.70. The van der Waals surface area contributed by atoms with Gasteiger partial charge >= 0.3 is 5.97 Å². The molecule has 5 nitrogen and oxygen atoms in total. The van der Waals surface area contributed by atoms with Gasteiger partial charge in [0, 0.05) is 23.1 Å². The van der Waals surface area contributed by atoms with Crippen molar-refractivity contribution in [2.45, 2.75) is 55.9 Å². The molecule has 1 unspecified atom stereocenters. The minimum atomic E-state index is -0.984. The highest BCUT2D eigenvalue weighted by Crippen LogP contribution is 2.55. The van der Waals surface area contributed by atoms with Gasteiger partial charge in [-0.05, 0) is 97.7 Å². The lowest BCUT2D eigenvalue weighted by molar-refractivity contribution is -0.144. The molecule has 2 N–H and O–H groups in total.